The van der Waals surface area contributed by atoms with Crippen LogP contribution in [0.1, 0.15) is 5.56 Å². The summed E-state index contributed by atoms with van der Waals surface area (Å²) in [4.78, 5) is 1.95. The number of phenolic OH excluding ortho intramolecular Hbond substituents is 1. The van der Waals surface area contributed by atoms with Gasteiger partial charge in [-0.05, 0) is 42.5 Å². The van der Waals surface area contributed by atoms with Crippen LogP contribution in [0, 0.1) is 5.82 Å². The van der Waals surface area contributed by atoms with E-state index < -0.39 is 0 Å². The predicted octanol–water partition coefficient (Wildman–Crippen LogP) is 3.93. The molecule has 18 heavy (non-hydrogen) atoms. The van der Waals surface area contributed by atoms with Crippen LogP contribution in [0.15, 0.2) is 46.9 Å². The predicted molar refractivity (Wildman–Crippen MR) is 74.3 cm³/mol. The van der Waals surface area contributed by atoms with Crippen molar-refractivity contribution in [3.05, 3.63) is 58.3 Å². The average Bonchev–Trinajstić information content (AvgIpc) is 2.34. The van der Waals surface area contributed by atoms with Gasteiger partial charge >= 0.3 is 0 Å². The Kier molecular flexibility index (Phi) is 3.87. The summed E-state index contributed by atoms with van der Waals surface area (Å²) in [6.45, 7) is 0.552. The molecular weight excluding hydrogens is 297 g/mol. The molecule has 0 fully saturated rings. The maximum atomic E-state index is 12.8. The van der Waals surface area contributed by atoms with Crippen LogP contribution < -0.4 is 4.90 Å². The first kappa shape index (κ1) is 12.9. The van der Waals surface area contributed by atoms with Crippen molar-refractivity contribution < 1.29 is 9.50 Å². The van der Waals surface area contributed by atoms with Gasteiger partial charge in [0.2, 0.25) is 0 Å². The lowest BCUT2D eigenvalue weighted by Gasteiger charge is -2.20. The second-order valence-electron chi connectivity index (χ2n) is 4.11. The molecule has 0 bridgehead atoms. The maximum Gasteiger partial charge on any atom is 0.123 e. The van der Waals surface area contributed by atoms with Crippen LogP contribution in [0.25, 0.3) is 0 Å². The molecule has 0 unspecified atom stereocenters. The third kappa shape index (κ3) is 3.01. The normalized spacial score (nSPS) is 10.4. The summed E-state index contributed by atoms with van der Waals surface area (Å²) in [7, 11) is 1.90. The minimum absolute atomic E-state index is 0.252. The molecule has 0 saturated heterocycles. The van der Waals surface area contributed by atoms with Crippen molar-refractivity contribution in [2.24, 2.45) is 0 Å². The SMILES string of the molecule is CN(Cc1cc(Br)ccc1O)c1ccc(F)cc1. The van der Waals surface area contributed by atoms with E-state index in [2.05, 4.69) is 15.9 Å². The molecule has 0 amide bonds. The molecule has 0 heterocycles. The Labute approximate surface area is 114 Å². The van der Waals surface area contributed by atoms with Gasteiger partial charge in [-0.2, -0.15) is 0 Å². The molecule has 2 aromatic carbocycles. The monoisotopic (exact) mass is 309 g/mol. The fraction of sp³-hybridized carbons (Fsp3) is 0.143. The molecule has 94 valence electrons. The highest BCUT2D eigenvalue weighted by Crippen LogP contribution is 2.24. The fourth-order valence-corrected chi connectivity index (χ4v) is 2.13. The summed E-state index contributed by atoms with van der Waals surface area (Å²) in [6, 6.07) is 11.6. The first-order valence-corrected chi connectivity index (χ1v) is 6.29. The second-order valence-corrected chi connectivity index (χ2v) is 5.02. The van der Waals surface area contributed by atoms with Gasteiger partial charge in [0, 0.05) is 29.3 Å². The third-order valence-corrected chi connectivity index (χ3v) is 3.21. The summed E-state index contributed by atoms with van der Waals surface area (Å²) in [5.41, 5.74) is 1.71. The lowest BCUT2D eigenvalue weighted by atomic mass is 10.2. The van der Waals surface area contributed by atoms with E-state index in [9.17, 15) is 9.50 Å². The van der Waals surface area contributed by atoms with E-state index in [1.807, 2.05) is 18.0 Å². The van der Waals surface area contributed by atoms with E-state index in [0.717, 1.165) is 15.7 Å². The zero-order valence-corrected chi connectivity index (χ0v) is 11.5. The standard InChI is InChI=1S/C14H13BrFNO/c1-17(13-5-3-12(16)4-6-13)9-10-8-11(15)2-7-14(10)18/h2-8,18H,9H2,1H3. The summed E-state index contributed by atoms with van der Waals surface area (Å²) >= 11 is 3.37. The van der Waals surface area contributed by atoms with Crippen LogP contribution in [0.4, 0.5) is 10.1 Å². The first-order chi connectivity index (χ1) is 8.56. The van der Waals surface area contributed by atoms with Crippen molar-refractivity contribution in [1.29, 1.82) is 0 Å². The Morgan fingerprint density at radius 1 is 1.17 bits per heavy atom. The molecular formula is C14H13BrFNO. The molecule has 0 aromatic heterocycles. The average molecular weight is 310 g/mol. The van der Waals surface area contributed by atoms with Crippen LogP contribution in [0.5, 0.6) is 5.75 Å². The Hall–Kier alpha value is -1.55. The van der Waals surface area contributed by atoms with Crippen molar-refractivity contribution in [1.82, 2.24) is 0 Å². The van der Waals surface area contributed by atoms with Gasteiger partial charge < -0.3 is 10.0 Å². The number of hydrogen-bond donors (Lipinski definition) is 1. The summed E-state index contributed by atoms with van der Waals surface area (Å²) in [5.74, 6) is 0.00427. The Morgan fingerprint density at radius 2 is 1.83 bits per heavy atom. The van der Waals surface area contributed by atoms with Gasteiger partial charge in [0.1, 0.15) is 11.6 Å². The minimum atomic E-state index is -0.252. The van der Waals surface area contributed by atoms with Crippen LogP contribution in [-0.2, 0) is 6.54 Å². The van der Waals surface area contributed by atoms with Gasteiger partial charge in [0.25, 0.3) is 0 Å². The molecule has 1 N–H and O–H groups in total. The molecule has 2 nitrogen and oxygen atoms in total. The van der Waals surface area contributed by atoms with Crippen LogP contribution >= 0.6 is 15.9 Å². The van der Waals surface area contributed by atoms with E-state index >= 15 is 0 Å². The highest BCUT2D eigenvalue weighted by atomic mass is 79.9. The van der Waals surface area contributed by atoms with E-state index in [1.165, 1.54) is 12.1 Å². The van der Waals surface area contributed by atoms with Crippen molar-refractivity contribution >= 4 is 21.6 Å². The topological polar surface area (TPSA) is 23.5 Å². The Balaban J connectivity index is 2.18. The first-order valence-electron chi connectivity index (χ1n) is 5.50. The van der Waals surface area contributed by atoms with Crippen molar-refractivity contribution in [2.75, 3.05) is 11.9 Å². The highest BCUT2D eigenvalue weighted by molar-refractivity contribution is 9.10. The number of rotatable bonds is 3. The molecule has 0 aliphatic rings. The number of hydrogen-bond acceptors (Lipinski definition) is 2. The summed E-state index contributed by atoms with van der Waals surface area (Å²) in [6.07, 6.45) is 0. The molecule has 0 atom stereocenters. The maximum absolute atomic E-state index is 12.8. The van der Waals surface area contributed by atoms with Gasteiger partial charge in [-0.3, -0.25) is 0 Å². The lowest BCUT2D eigenvalue weighted by molar-refractivity contribution is 0.467. The van der Waals surface area contributed by atoms with Crippen molar-refractivity contribution in [3.63, 3.8) is 0 Å². The van der Waals surface area contributed by atoms with Gasteiger partial charge in [-0.15, -0.1) is 0 Å². The molecule has 2 aromatic rings. The second kappa shape index (κ2) is 5.40. The van der Waals surface area contributed by atoms with Gasteiger partial charge in [-0.1, -0.05) is 15.9 Å². The number of nitrogens with zero attached hydrogens (tertiary/aromatic N) is 1. The van der Waals surface area contributed by atoms with Crippen LogP contribution in [0.2, 0.25) is 0 Å². The Bertz CT molecular complexity index is 542. The van der Waals surface area contributed by atoms with E-state index in [4.69, 9.17) is 0 Å². The molecule has 0 aliphatic carbocycles. The number of halogens is 2. The van der Waals surface area contributed by atoms with E-state index in [-0.39, 0.29) is 11.6 Å². The zero-order chi connectivity index (χ0) is 13.1. The van der Waals surface area contributed by atoms with Crippen molar-refractivity contribution in [3.8, 4) is 5.75 Å². The smallest absolute Gasteiger partial charge is 0.123 e. The largest absolute Gasteiger partial charge is 0.508 e. The number of benzene rings is 2. The molecule has 0 spiro atoms. The molecule has 0 radical (unpaired) electrons. The van der Waals surface area contributed by atoms with Gasteiger partial charge in [0.05, 0.1) is 0 Å². The molecule has 2 rings (SSSR count). The highest BCUT2D eigenvalue weighted by Gasteiger charge is 2.07. The summed E-state index contributed by atoms with van der Waals surface area (Å²) < 4.78 is 13.7. The minimum Gasteiger partial charge on any atom is -0.508 e. The zero-order valence-electron chi connectivity index (χ0n) is 9.90. The van der Waals surface area contributed by atoms with Gasteiger partial charge in [0.15, 0.2) is 0 Å². The lowest BCUT2D eigenvalue weighted by Crippen LogP contribution is -2.16. The van der Waals surface area contributed by atoms with Gasteiger partial charge in [-0.25, -0.2) is 4.39 Å². The summed E-state index contributed by atoms with van der Waals surface area (Å²) in [5, 5.41) is 9.77. The molecule has 0 aliphatic heterocycles. The Morgan fingerprint density at radius 3 is 2.50 bits per heavy atom. The number of aromatic hydroxyl groups is 1. The quantitative estimate of drug-likeness (QED) is 0.928. The van der Waals surface area contributed by atoms with Crippen molar-refractivity contribution in [2.45, 2.75) is 6.54 Å². The molecule has 4 heteroatoms. The fourth-order valence-electron chi connectivity index (χ4n) is 1.72. The molecule has 0 saturated carbocycles. The number of anilines is 1. The number of phenols is 1. The van der Waals surface area contributed by atoms with E-state index in [0.29, 0.717) is 6.54 Å². The third-order valence-electron chi connectivity index (χ3n) is 2.72. The van der Waals surface area contributed by atoms with E-state index in [1.54, 1.807) is 24.3 Å². The van der Waals surface area contributed by atoms with Crippen LogP contribution in [0.3, 0.4) is 0 Å². The van der Waals surface area contributed by atoms with Crippen LogP contribution in [-0.4, -0.2) is 12.2 Å².